The SMILES string of the molecule is CCCCCCCCCCN(CCCCCCCCCC)C(=O)CCCCC1(N(CC(=O)O)CC(=O)O)CN(CC(=O)O)CCN(CC(=O)O)C1. The molecule has 0 spiro atoms. The number of nitrogens with zero attached hydrogens (tertiary/aromatic N) is 4. The largest absolute Gasteiger partial charge is 0.480 e. The first-order chi connectivity index (χ1) is 24.4. The molecule has 1 amide bonds. The van der Waals surface area contributed by atoms with E-state index in [-0.39, 0.29) is 51.6 Å². The van der Waals surface area contributed by atoms with Crippen molar-refractivity contribution in [3.8, 4) is 0 Å². The van der Waals surface area contributed by atoms with E-state index in [9.17, 15) is 44.4 Å². The van der Waals surface area contributed by atoms with Crippen molar-refractivity contribution in [3.05, 3.63) is 0 Å². The summed E-state index contributed by atoms with van der Waals surface area (Å²) in [7, 11) is 0. The predicted molar refractivity (Wildman–Crippen MR) is 198 cm³/mol. The Morgan fingerprint density at radius 2 is 0.922 bits per heavy atom. The molecule has 0 aliphatic carbocycles. The van der Waals surface area contributed by atoms with Gasteiger partial charge in [-0.05, 0) is 25.7 Å². The molecule has 0 bridgehead atoms. The first-order valence-corrected chi connectivity index (χ1v) is 19.8. The molecule has 1 aliphatic rings. The Morgan fingerprint density at radius 1 is 0.529 bits per heavy atom. The molecular formula is C38H70N4O9. The fraction of sp³-hybridized carbons (Fsp3) is 0.868. The molecule has 0 aromatic heterocycles. The van der Waals surface area contributed by atoms with E-state index < -0.39 is 42.5 Å². The average molecular weight is 727 g/mol. The van der Waals surface area contributed by atoms with Crippen LogP contribution >= 0.6 is 0 Å². The van der Waals surface area contributed by atoms with E-state index in [4.69, 9.17) is 0 Å². The van der Waals surface area contributed by atoms with Crippen molar-refractivity contribution in [3.63, 3.8) is 0 Å². The van der Waals surface area contributed by atoms with Crippen LogP contribution in [-0.4, -0.2) is 141 Å². The number of carbonyl (C=O) groups excluding carboxylic acids is 1. The normalized spacial score (nSPS) is 15.1. The lowest BCUT2D eigenvalue weighted by molar-refractivity contribution is -0.148. The van der Waals surface area contributed by atoms with E-state index in [0.29, 0.717) is 19.3 Å². The van der Waals surface area contributed by atoms with Crippen LogP contribution in [0.1, 0.15) is 142 Å². The number of aliphatic carboxylic acids is 4. The van der Waals surface area contributed by atoms with Crippen molar-refractivity contribution >= 4 is 29.8 Å². The summed E-state index contributed by atoms with van der Waals surface area (Å²) >= 11 is 0. The molecule has 296 valence electrons. The third-order valence-corrected chi connectivity index (χ3v) is 10.0. The molecule has 13 heteroatoms. The second-order valence-corrected chi connectivity index (χ2v) is 14.6. The van der Waals surface area contributed by atoms with Gasteiger partial charge in [-0.15, -0.1) is 0 Å². The van der Waals surface area contributed by atoms with Crippen LogP contribution in [0.2, 0.25) is 0 Å². The monoisotopic (exact) mass is 727 g/mol. The number of hydrogen-bond acceptors (Lipinski definition) is 8. The smallest absolute Gasteiger partial charge is 0.317 e. The van der Waals surface area contributed by atoms with E-state index in [1.807, 2.05) is 4.90 Å². The molecule has 0 unspecified atom stereocenters. The van der Waals surface area contributed by atoms with Crippen LogP contribution in [0.25, 0.3) is 0 Å². The zero-order chi connectivity index (χ0) is 37.9. The van der Waals surface area contributed by atoms with Gasteiger partial charge in [0.2, 0.25) is 5.91 Å². The molecule has 0 atom stereocenters. The van der Waals surface area contributed by atoms with Gasteiger partial charge in [0.1, 0.15) is 0 Å². The summed E-state index contributed by atoms with van der Waals surface area (Å²) in [5.74, 6) is -4.55. The Bertz CT molecular complexity index is 950. The van der Waals surface area contributed by atoms with Crippen molar-refractivity contribution in [2.75, 3.05) is 65.4 Å². The van der Waals surface area contributed by atoms with Crippen LogP contribution in [0.15, 0.2) is 0 Å². The highest BCUT2D eigenvalue weighted by molar-refractivity contribution is 5.76. The molecule has 1 fully saturated rings. The number of carbonyl (C=O) groups is 5. The van der Waals surface area contributed by atoms with Crippen LogP contribution in [0, 0.1) is 0 Å². The van der Waals surface area contributed by atoms with E-state index >= 15 is 0 Å². The third-order valence-electron chi connectivity index (χ3n) is 10.0. The first kappa shape index (κ1) is 46.3. The fourth-order valence-corrected chi connectivity index (χ4v) is 7.33. The Morgan fingerprint density at radius 3 is 1.29 bits per heavy atom. The van der Waals surface area contributed by atoms with Crippen molar-refractivity contribution in [1.29, 1.82) is 0 Å². The van der Waals surface area contributed by atoms with E-state index in [2.05, 4.69) is 13.8 Å². The summed E-state index contributed by atoms with van der Waals surface area (Å²) in [6.45, 7) is 4.60. The molecule has 51 heavy (non-hydrogen) atoms. The summed E-state index contributed by atoms with van der Waals surface area (Å²) in [4.78, 5) is 67.5. The van der Waals surface area contributed by atoms with Gasteiger partial charge >= 0.3 is 23.9 Å². The van der Waals surface area contributed by atoms with Crippen LogP contribution in [0.4, 0.5) is 0 Å². The highest BCUT2D eigenvalue weighted by Gasteiger charge is 2.43. The van der Waals surface area contributed by atoms with Gasteiger partial charge in [0.15, 0.2) is 0 Å². The molecule has 0 radical (unpaired) electrons. The van der Waals surface area contributed by atoms with Crippen LogP contribution in [0.5, 0.6) is 0 Å². The maximum absolute atomic E-state index is 13.6. The molecule has 0 aromatic rings. The topological polar surface area (TPSA) is 179 Å². The van der Waals surface area contributed by atoms with E-state index in [0.717, 1.165) is 38.8 Å². The van der Waals surface area contributed by atoms with Gasteiger partial charge in [-0.3, -0.25) is 38.7 Å². The van der Waals surface area contributed by atoms with Crippen molar-refractivity contribution in [2.24, 2.45) is 0 Å². The minimum Gasteiger partial charge on any atom is -0.480 e. The molecular weight excluding hydrogens is 656 g/mol. The zero-order valence-electron chi connectivity index (χ0n) is 31.8. The van der Waals surface area contributed by atoms with Gasteiger partial charge in [-0.25, -0.2) is 0 Å². The molecule has 4 N–H and O–H groups in total. The highest BCUT2D eigenvalue weighted by atomic mass is 16.4. The first-order valence-electron chi connectivity index (χ1n) is 19.8. The highest BCUT2D eigenvalue weighted by Crippen LogP contribution is 2.29. The van der Waals surface area contributed by atoms with Crippen LogP contribution in [-0.2, 0) is 24.0 Å². The second-order valence-electron chi connectivity index (χ2n) is 14.6. The Hall–Kier alpha value is -2.77. The third kappa shape index (κ3) is 22.0. The van der Waals surface area contributed by atoms with Gasteiger partial charge < -0.3 is 25.3 Å². The van der Waals surface area contributed by atoms with Gasteiger partial charge in [-0.2, -0.15) is 0 Å². The molecule has 1 rings (SSSR count). The average Bonchev–Trinajstić information content (AvgIpc) is 3.22. The lowest BCUT2D eigenvalue weighted by Gasteiger charge is -2.45. The van der Waals surface area contributed by atoms with Crippen LogP contribution < -0.4 is 0 Å². The van der Waals surface area contributed by atoms with E-state index in [1.165, 1.54) is 81.9 Å². The summed E-state index contributed by atoms with van der Waals surface area (Å²) in [6.07, 6.45) is 20.6. The summed E-state index contributed by atoms with van der Waals surface area (Å²) in [5.41, 5.74) is -1.16. The number of hydrogen-bond donors (Lipinski definition) is 4. The molecule has 1 heterocycles. The fourth-order valence-electron chi connectivity index (χ4n) is 7.33. The van der Waals surface area contributed by atoms with Gasteiger partial charge in [0.25, 0.3) is 0 Å². The number of rotatable bonds is 32. The minimum absolute atomic E-state index is 0.0624. The van der Waals surface area contributed by atoms with Crippen molar-refractivity contribution < 1.29 is 44.4 Å². The van der Waals surface area contributed by atoms with Crippen LogP contribution in [0.3, 0.4) is 0 Å². The second kappa shape index (κ2) is 27.8. The van der Waals surface area contributed by atoms with Crippen molar-refractivity contribution in [2.45, 2.75) is 148 Å². The lowest BCUT2D eigenvalue weighted by Crippen LogP contribution is -2.62. The molecule has 13 nitrogen and oxygen atoms in total. The minimum atomic E-state index is -1.23. The van der Waals surface area contributed by atoms with E-state index in [1.54, 1.807) is 9.80 Å². The quantitative estimate of drug-likeness (QED) is 0.0627. The maximum atomic E-state index is 13.6. The van der Waals surface area contributed by atoms with Gasteiger partial charge in [-0.1, -0.05) is 110 Å². The Labute approximate surface area is 306 Å². The zero-order valence-corrected chi connectivity index (χ0v) is 31.8. The lowest BCUT2D eigenvalue weighted by atomic mass is 9.88. The predicted octanol–water partition coefficient (Wildman–Crippen LogP) is 5.65. The van der Waals surface area contributed by atoms with Crippen molar-refractivity contribution in [1.82, 2.24) is 19.6 Å². The Kier molecular flexibility index (Phi) is 25.2. The molecule has 1 aliphatic heterocycles. The summed E-state index contributed by atoms with van der Waals surface area (Å²) < 4.78 is 0. The number of carboxylic acids is 4. The number of unbranched alkanes of at least 4 members (excludes halogenated alkanes) is 15. The summed E-state index contributed by atoms with van der Waals surface area (Å²) in [6, 6.07) is 0. The number of carboxylic acid groups (broad SMARTS) is 4. The molecule has 1 saturated heterocycles. The molecule has 0 aromatic carbocycles. The van der Waals surface area contributed by atoms with Gasteiger partial charge in [0.05, 0.1) is 26.2 Å². The molecule has 0 saturated carbocycles. The number of amides is 1. The standard InChI is InChI=1S/C38H70N4O9/c1-3-5-7-9-11-13-15-19-23-41(24-20-16-14-12-10-8-6-4-2)33(43)21-17-18-22-38(42(29-36(48)49)30-37(50)51)31-39(27-34(44)45)25-26-40(32-38)28-35(46)47/h3-32H2,1-2H3,(H,44,45)(H,46,47)(H,48,49)(H,50,51). The van der Waals surface area contributed by atoms with Gasteiger partial charge in [0, 0.05) is 51.2 Å². The Balaban J connectivity index is 3.01. The summed E-state index contributed by atoms with van der Waals surface area (Å²) in [5, 5.41) is 38.6. The maximum Gasteiger partial charge on any atom is 0.317 e.